The van der Waals surface area contributed by atoms with Crippen LogP contribution in [0, 0.1) is 5.92 Å². The molecule has 2 rings (SSSR count). The lowest BCUT2D eigenvalue weighted by Crippen LogP contribution is -2.47. The summed E-state index contributed by atoms with van der Waals surface area (Å²) in [5.41, 5.74) is 8.09. The van der Waals surface area contributed by atoms with Gasteiger partial charge in [-0.25, -0.2) is 4.99 Å². The van der Waals surface area contributed by atoms with Crippen molar-refractivity contribution in [2.45, 2.75) is 58.9 Å². The average Bonchev–Trinajstić information content (AvgIpc) is 2.58. The van der Waals surface area contributed by atoms with Crippen LogP contribution in [-0.4, -0.2) is 36.4 Å². The zero-order chi connectivity index (χ0) is 19.2. The Kier molecular flexibility index (Phi) is 7.06. The van der Waals surface area contributed by atoms with Gasteiger partial charge in [0.05, 0.1) is 6.54 Å². The molecule has 1 saturated heterocycles. The van der Waals surface area contributed by atoms with E-state index >= 15 is 0 Å². The molecule has 0 bridgehead atoms. The van der Waals surface area contributed by atoms with Crippen LogP contribution in [0.25, 0.3) is 0 Å². The molecule has 1 aliphatic heterocycles. The average molecular weight is 359 g/mol. The van der Waals surface area contributed by atoms with E-state index in [2.05, 4.69) is 62.2 Å². The molecule has 5 nitrogen and oxygen atoms in total. The number of amides is 1. The molecule has 0 spiro atoms. The summed E-state index contributed by atoms with van der Waals surface area (Å²) in [7, 11) is 0. The highest BCUT2D eigenvalue weighted by atomic mass is 16.1. The number of rotatable bonds is 5. The van der Waals surface area contributed by atoms with Crippen LogP contribution in [0.1, 0.15) is 58.1 Å². The van der Waals surface area contributed by atoms with Gasteiger partial charge in [-0.05, 0) is 42.2 Å². The van der Waals surface area contributed by atoms with E-state index in [0.29, 0.717) is 18.9 Å². The van der Waals surface area contributed by atoms with Crippen molar-refractivity contribution >= 4 is 11.9 Å². The first-order chi connectivity index (χ1) is 12.3. The molecule has 1 aromatic carbocycles. The Morgan fingerprint density at radius 2 is 2.00 bits per heavy atom. The molecule has 0 aliphatic carbocycles. The number of nitrogens with zero attached hydrogens (tertiary/aromatic N) is 2. The van der Waals surface area contributed by atoms with E-state index < -0.39 is 0 Å². The molecule has 1 heterocycles. The smallest absolute Gasteiger partial charge is 0.217 e. The van der Waals surface area contributed by atoms with Gasteiger partial charge in [0, 0.05) is 26.1 Å². The van der Waals surface area contributed by atoms with Crippen molar-refractivity contribution in [1.29, 1.82) is 0 Å². The van der Waals surface area contributed by atoms with Crippen LogP contribution in [-0.2, 0) is 16.8 Å². The number of nitrogens with two attached hydrogens (primary N) is 1. The number of primary amides is 1. The molecule has 1 amide bonds. The quantitative estimate of drug-likeness (QED) is 0.628. The van der Waals surface area contributed by atoms with E-state index in [-0.39, 0.29) is 11.3 Å². The van der Waals surface area contributed by atoms with Crippen molar-refractivity contribution in [3.8, 4) is 0 Å². The highest BCUT2D eigenvalue weighted by Crippen LogP contribution is 2.23. The van der Waals surface area contributed by atoms with Crippen LogP contribution in [0.4, 0.5) is 0 Å². The number of nitrogens with one attached hydrogen (secondary N) is 1. The Bertz CT molecular complexity index is 616. The Balaban J connectivity index is 2.05. The minimum Gasteiger partial charge on any atom is -0.370 e. The summed E-state index contributed by atoms with van der Waals surface area (Å²) in [4.78, 5) is 18.3. The van der Waals surface area contributed by atoms with Crippen LogP contribution in [0.15, 0.2) is 29.3 Å². The molecule has 1 atom stereocenters. The zero-order valence-electron chi connectivity index (χ0n) is 16.7. The van der Waals surface area contributed by atoms with Crippen LogP contribution in [0.5, 0.6) is 0 Å². The second-order valence-electron chi connectivity index (χ2n) is 8.24. The number of hydrogen-bond donors (Lipinski definition) is 2. The Hall–Kier alpha value is -2.04. The molecule has 1 unspecified atom stereocenters. The molecule has 5 heteroatoms. The normalized spacial score (nSPS) is 18.7. The summed E-state index contributed by atoms with van der Waals surface area (Å²) in [6.07, 6.45) is 2.60. The molecule has 3 N–H and O–H groups in total. The first-order valence-electron chi connectivity index (χ1n) is 9.70. The van der Waals surface area contributed by atoms with Gasteiger partial charge in [-0.1, -0.05) is 45.0 Å². The van der Waals surface area contributed by atoms with Gasteiger partial charge in [-0.2, -0.15) is 0 Å². The fourth-order valence-corrected chi connectivity index (χ4v) is 3.41. The standard InChI is InChI=1S/C21H34N4O/c1-5-23-20(25-12-6-7-17(15-25)13-19(22)26)24-14-16-8-10-18(11-9-16)21(2,3)4/h8-11,17H,5-7,12-15H2,1-4H3,(H2,22,26)(H,23,24). The maximum atomic E-state index is 11.2. The van der Waals surface area contributed by atoms with Crippen LogP contribution < -0.4 is 11.1 Å². The number of guanidine groups is 1. The first-order valence-corrected chi connectivity index (χ1v) is 9.70. The molecule has 144 valence electrons. The van der Waals surface area contributed by atoms with Gasteiger partial charge in [0.1, 0.15) is 0 Å². The van der Waals surface area contributed by atoms with Crippen molar-refractivity contribution in [3.63, 3.8) is 0 Å². The molecular formula is C21H34N4O. The van der Waals surface area contributed by atoms with Gasteiger partial charge >= 0.3 is 0 Å². The van der Waals surface area contributed by atoms with E-state index in [1.54, 1.807) is 0 Å². The van der Waals surface area contributed by atoms with Crippen molar-refractivity contribution in [2.75, 3.05) is 19.6 Å². The Morgan fingerprint density at radius 3 is 2.58 bits per heavy atom. The zero-order valence-corrected chi connectivity index (χ0v) is 16.7. The van der Waals surface area contributed by atoms with Gasteiger partial charge in [-0.15, -0.1) is 0 Å². The highest BCUT2D eigenvalue weighted by Gasteiger charge is 2.23. The number of carbonyl (C=O) groups excluding carboxylic acids is 1. The predicted molar refractivity (Wildman–Crippen MR) is 108 cm³/mol. The summed E-state index contributed by atoms with van der Waals surface area (Å²) < 4.78 is 0. The summed E-state index contributed by atoms with van der Waals surface area (Å²) in [6.45, 7) is 12.1. The lowest BCUT2D eigenvalue weighted by Gasteiger charge is -2.34. The fraction of sp³-hybridized carbons (Fsp3) is 0.619. The number of piperidine rings is 1. The van der Waals surface area contributed by atoms with Crippen LogP contribution >= 0.6 is 0 Å². The van der Waals surface area contributed by atoms with E-state index in [1.165, 1.54) is 11.1 Å². The van der Waals surface area contributed by atoms with Crippen LogP contribution in [0.3, 0.4) is 0 Å². The molecule has 1 aromatic rings. The fourth-order valence-electron chi connectivity index (χ4n) is 3.41. The third-order valence-corrected chi connectivity index (χ3v) is 4.87. The number of likely N-dealkylation sites (tertiary alicyclic amines) is 1. The van der Waals surface area contributed by atoms with Gasteiger partial charge in [0.15, 0.2) is 5.96 Å². The summed E-state index contributed by atoms with van der Waals surface area (Å²) in [5.74, 6) is 1.05. The molecule has 0 aromatic heterocycles. The molecular weight excluding hydrogens is 324 g/mol. The Labute approximate surface area is 158 Å². The largest absolute Gasteiger partial charge is 0.370 e. The van der Waals surface area contributed by atoms with Gasteiger partial charge < -0.3 is 16.0 Å². The van der Waals surface area contributed by atoms with E-state index in [0.717, 1.165) is 38.4 Å². The molecule has 1 fully saturated rings. The number of aliphatic imine (C=N–C) groups is 1. The van der Waals surface area contributed by atoms with E-state index in [4.69, 9.17) is 10.7 Å². The second-order valence-corrected chi connectivity index (χ2v) is 8.24. The Morgan fingerprint density at radius 1 is 1.31 bits per heavy atom. The van der Waals surface area contributed by atoms with Crippen LogP contribution in [0.2, 0.25) is 0 Å². The lowest BCUT2D eigenvalue weighted by molar-refractivity contribution is -0.119. The van der Waals surface area contributed by atoms with Crippen molar-refractivity contribution < 1.29 is 4.79 Å². The van der Waals surface area contributed by atoms with Gasteiger partial charge in [0.2, 0.25) is 5.91 Å². The number of carbonyl (C=O) groups is 1. The monoisotopic (exact) mass is 358 g/mol. The maximum absolute atomic E-state index is 11.2. The molecule has 0 radical (unpaired) electrons. The highest BCUT2D eigenvalue weighted by molar-refractivity contribution is 5.80. The van der Waals surface area contributed by atoms with Crippen molar-refractivity contribution in [3.05, 3.63) is 35.4 Å². The van der Waals surface area contributed by atoms with Gasteiger partial charge in [0.25, 0.3) is 0 Å². The van der Waals surface area contributed by atoms with Crippen molar-refractivity contribution in [2.24, 2.45) is 16.6 Å². The molecule has 1 aliphatic rings. The minimum atomic E-state index is -0.210. The summed E-state index contributed by atoms with van der Waals surface area (Å²) >= 11 is 0. The summed E-state index contributed by atoms with van der Waals surface area (Å²) in [6, 6.07) is 8.72. The molecule has 26 heavy (non-hydrogen) atoms. The SMILES string of the molecule is CCNC(=NCc1ccc(C(C)(C)C)cc1)N1CCCC(CC(N)=O)C1. The third-order valence-electron chi connectivity index (χ3n) is 4.87. The minimum absolute atomic E-state index is 0.167. The molecule has 0 saturated carbocycles. The second kappa shape index (κ2) is 9.06. The summed E-state index contributed by atoms with van der Waals surface area (Å²) in [5, 5.41) is 3.39. The maximum Gasteiger partial charge on any atom is 0.217 e. The van der Waals surface area contributed by atoms with E-state index in [1.807, 2.05) is 0 Å². The van der Waals surface area contributed by atoms with E-state index in [9.17, 15) is 4.79 Å². The third kappa shape index (κ3) is 6.04. The number of hydrogen-bond acceptors (Lipinski definition) is 2. The number of benzene rings is 1. The topological polar surface area (TPSA) is 70.7 Å². The lowest BCUT2D eigenvalue weighted by atomic mass is 9.87. The first kappa shape index (κ1) is 20.3. The van der Waals surface area contributed by atoms with Crippen molar-refractivity contribution in [1.82, 2.24) is 10.2 Å². The van der Waals surface area contributed by atoms with Gasteiger partial charge in [-0.3, -0.25) is 4.79 Å². The predicted octanol–water partition coefficient (Wildman–Crippen LogP) is 3.04.